The summed E-state index contributed by atoms with van der Waals surface area (Å²) in [7, 11) is 3.94. The van der Waals surface area contributed by atoms with E-state index in [9.17, 15) is 9.59 Å². The number of halogens is 1. The van der Waals surface area contributed by atoms with Crippen LogP contribution in [0.1, 0.15) is 10.4 Å². The molecule has 0 saturated carbocycles. The van der Waals surface area contributed by atoms with E-state index in [-0.39, 0.29) is 17.4 Å². The Labute approximate surface area is 155 Å². The molecule has 1 N–H and O–H groups in total. The molecule has 0 aliphatic carbocycles. The Morgan fingerprint density at radius 2 is 2.08 bits per heavy atom. The molecule has 0 spiro atoms. The third kappa shape index (κ3) is 3.76. The van der Waals surface area contributed by atoms with Crippen LogP contribution < -0.4 is 5.32 Å². The zero-order chi connectivity index (χ0) is 18.7. The number of benzene rings is 2. The third-order valence-electron chi connectivity index (χ3n) is 3.85. The normalized spacial score (nSPS) is 11.1. The van der Waals surface area contributed by atoms with Crippen molar-refractivity contribution in [3.63, 3.8) is 0 Å². The number of likely N-dealkylation sites (N-methyl/N-ethyl adjacent to an activating group) is 1. The lowest BCUT2D eigenvalue weighted by Crippen LogP contribution is -2.20. The van der Waals surface area contributed by atoms with Gasteiger partial charge in [0, 0.05) is 18.8 Å². The number of Topliss-reactive ketones (excluding diaryl/α,β-unsaturated/α-hetero) is 1. The molecule has 1 aromatic heterocycles. The maximum Gasteiger partial charge on any atom is 0.229 e. The Kier molecular flexibility index (Phi) is 5.35. The first-order valence-electron chi connectivity index (χ1n) is 8.07. The topological polar surface area (TPSA) is 75.4 Å². The number of carbonyl (C=O) groups excluding carboxylic acids is 2. The molecular weight excluding hydrogens is 354 g/mol. The Hall–Kier alpha value is -2.70. The molecule has 3 rings (SSSR count). The monoisotopic (exact) mass is 371 g/mol. The molecule has 0 saturated heterocycles. The van der Waals surface area contributed by atoms with Crippen molar-refractivity contribution in [3.8, 4) is 11.5 Å². The van der Waals surface area contributed by atoms with E-state index >= 15 is 0 Å². The first kappa shape index (κ1) is 18.1. The maximum absolute atomic E-state index is 12.1. The van der Waals surface area contributed by atoms with E-state index in [0.29, 0.717) is 34.2 Å². The Balaban J connectivity index is 2.07. The summed E-state index contributed by atoms with van der Waals surface area (Å²) in [5.41, 5.74) is 2.26. The van der Waals surface area contributed by atoms with Crippen LogP contribution in [0.2, 0.25) is 5.02 Å². The number of nitrogens with zero attached hydrogens (tertiary/aromatic N) is 2. The van der Waals surface area contributed by atoms with Gasteiger partial charge in [0.25, 0.3) is 0 Å². The first-order valence-corrected chi connectivity index (χ1v) is 8.45. The van der Waals surface area contributed by atoms with Gasteiger partial charge in [0.2, 0.25) is 11.7 Å². The standard InChI is InChI=1S/C19H18ClN3O3/c1-23(2)8-7-21-12-9-14(17(25)11-24)18-16(10-12)22-19(26-18)13-5-3-4-6-15(13)20/h3-6,9-11,21H,7-8H2,1-2H3. The average Bonchev–Trinajstić information content (AvgIpc) is 3.04. The van der Waals surface area contributed by atoms with Crippen molar-refractivity contribution in [2.24, 2.45) is 0 Å². The molecule has 0 aliphatic heterocycles. The maximum atomic E-state index is 12.1. The van der Waals surface area contributed by atoms with E-state index < -0.39 is 5.78 Å². The van der Waals surface area contributed by atoms with Crippen LogP contribution in [0.5, 0.6) is 0 Å². The van der Waals surface area contributed by atoms with Gasteiger partial charge in [-0.2, -0.15) is 0 Å². The number of ketones is 1. The number of rotatable bonds is 7. The summed E-state index contributed by atoms with van der Waals surface area (Å²) in [6.45, 7) is 1.50. The van der Waals surface area contributed by atoms with Crippen LogP contribution in [0.25, 0.3) is 22.6 Å². The number of nitrogens with one attached hydrogen (secondary N) is 1. The fourth-order valence-electron chi connectivity index (χ4n) is 2.56. The Morgan fingerprint density at radius 1 is 1.31 bits per heavy atom. The van der Waals surface area contributed by atoms with Crippen molar-refractivity contribution < 1.29 is 14.0 Å². The van der Waals surface area contributed by atoms with Crippen molar-refractivity contribution in [2.75, 3.05) is 32.5 Å². The number of anilines is 1. The molecule has 0 fully saturated rings. The molecule has 0 unspecified atom stereocenters. The summed E-state index contributed by atoms with van der Waals surface area (Å²) < 4.78 is 5.78. The quantitative estimate of drug-likeness (QED) is 0.389. The highest BCUT2D eigenvalue weighted by molar-refractivity contribution is 6.36. The van der Waals surface area contributed by atoms with Crippen molar-refractivity contribution in [2.45, 2.75) is 0 Å². The summed E-state index contributed by atoms with van der Waals surface area (Å²) >= 11 is 6.21. The van der Waals surface area contributed by atoms with Gasteiger partial charge < -0.3 is 14.6 Å². The van der Waals surface area contributed by atoms with Crippen LogP contribution >= 0.6 is 11.6 Å². The van der Waals surface area contributed by atoms with Gasteiger partial charge in [-0.1, -0.05) is 23.7 Å². The molecule has 0 bridgehead atoms. The first-order chi connectivity index (χ1) is 12.5. The SMILES string of the molecule is CN(C)CCNc1cc(C(=O)C=O)c2oc(-c3ccccc3Cl)nc2c1. The Bertz CT molecular complexity index is 966. The molecule has 0 amide bonds. The zero-order valence-corrected chi connectivity index (χ0v) is 15.2. The summed E-state index contributed by atoms with van der Waals surface area (Å²) in [6.07, 6.45) is 0.274. The van der Waals surface area contributed by atoms with E-state index in [1.54, 1.807) is 24.3 Å². The lowest BCUT2D eigenvalue weighted by Gasteiger charge is -2.11. The smallest absolute Gasteiger partial charge is 0.229 e. The third-order valence-corrected chi connectivity index (χ3v) is 4.18. The number of fused-ring (bicyclic) bond motifs is 1. The predicted molar refractivity (Wildman–Crippen MR) is 102 cm³/mol. The summed E-state index contributed by atoms with van der Waals surface area (Å²) in [5, 5.41) is 3.72. The lowest BCUT2D eigenvalue weighted by molar-refractivity contribution is -0.104. The van der Waals surface area contributed by atoms with Crippen molar-refractivity contribution in [1.82, 2.24) is 9.88 Å². The van der Waals surface area contributed by atoms with Crippen molar-refractivity contribution in [3.05, 3.63) is 47.0 Å². The second kappa shape index (κ2) is 7.68. The summed E-state index contributed by atoms with van der Waals surface area (Å²) in [6, 6.07) is 10.5. The number of aromatic nitrogens is 1. The van der Waals surface area contributed by atoms with Crippen LogP contribution in [0, 0.1) is 0 Å². The van der Waals surface area contributed by atoms with Gasteiger partial charge in [-0.05, 0) is 38.4 Å². The zero-order valence-electron chi connectivity index (χ0n) is 14.5. The number of hydrogen-bond donors (Lipinski definition) is 1. The van der Waals surface area contributed by atoms with Crippen LogP contribution in [0.4, 0.5) is 5.69 Å². The summed E-state index contributed by atoms with van der Waals surface area (Å²) in [5.74, 6) is -0.357. The van der Waals surface area contributed by atoms with Gasteiger partial charge >= 0.3 is 0 Å². The largest absolute Gasteiger partial charge is 0.435 e. The van der Waals surface area contributed by atoms with E-state index in [4.69, 9.17) is 16.0 Å². The molecule has 134 valence electrons. The highest BCUT2D eigenvalue weighted by Crippen LogP contribution is 2.32. The van der Waals surface area contributed by atoms with Gasteiger partial charge in [-0.15, -0.1) is 0 Å². The van der Waals surface area contributed by atoms with Crippen molar-refractivity contribution >= 4 is 40.5 Å². The van der Waals surface area contributed by atoms with Crippen LogP contribution in [0.15, 0.2) is 40.8 Å². The molecule has 1 heterocycles. The predicted octanol–water partition coefficient (Wildman–Crippen LogP) is 3.50. The van der Waals surface area contributed by atoms with E-state index in [0.717, 1.165) is 6.54 Å². The molecule has 26 heavy (non-hydrogen) atoms. The molecule has 0 aliphatic rings. The van der Waals surface area contributed by atoms with Crippen LogP contribution in [0.3, 0.4) is 0 Å². The van der Waals surface area contributed by atoms with Crippen LogP contribution in [-0.2, 0) is 4.79 Å². The minimum Gasteiger partial charge on any atom is -0.435 e. The molecule has 3 aromatic rings. The lowest BCUT2D eigenvalue weighted by atomic mass is 10.1. The van der Waals surface area contributed by atoms with Gasteiger partial charge in [0.05, 0.1) is 16.1 Å². The fraction of sp³-hybridized carbons (Fsp3) is 0.211. The highest BCUT2D eigenvalue weighted by Gasteiger charge is 2.19. The number of hydrogen-bond acceptors (Lipinski definition) is 6. The minimum absolute atomic E-state index is 0.177. The highest BCUT2D eigenvalue weighted by atomic mass is 35.5. The second-order valence-corrected chi connectivity index (χ2v) is 6.49. The molecule has 0 atom stereocenters. The molecule has 2 aromatic carbocycles. The minimum atomic E-state index is -0.659. The number of carbonyl (C=O) groups is 2. The van der Waals surface area contributed by atoms with Crippen molar-refractivity contribution in [1.29, 1.82) is 0 Å². The molecule has 0 radical (unpaired) electrons. The average molecular weight is 372 g/mol. The van der Waals surface area contributed by atoms with Gasteiger partial charge in [0.1, 0.15) is 5.52 Å². The van der Waals surface area contributed by atoms with Gasteiger partial charge in [-0.3, -0.25) is 9.59 Å². The van der Waals surface area contributed by atoms with E-state index in [1.165, 1.54) is 0 Å². The summed E-state index contributed by atoms with van der Waals surface area (Å²) in [4.78, 5) is 29.6. The van der Waals surface area contributed by atoms with Gasteiger partial charge in [0.15, 0.2) is 11.9 Å². The molecular formula is C19H18ClN3O3. The second-order valence-electron chi connectivity index (χ2n) is 6.08. The van der Waals surface area contributed by atoms with E-state index in [2.05, 4.69) is 10.3 Å². The number of oxazole rings is 1. The Morgan fingerprint density at radius 3 is 2.77 bits per heavy atom. The van der Waals surface area contributed by atoms with Crippen LogP contribution in [-0.4, -0.2) is 49.1 Å². The molecule has 7 heteroatoms. The molecule has 6 nitrogen and oxygen atoms in total. The van der Waals surface area contributed by atoms with E-state index in [1.807, 2.05) is 31.1 Å². The fourth-order valence-corrected chi connectivity index (χ4v) is 2.77. The van der Waals surface area contributed by atoms with Gasteiger partial charge in [-0.25, -0.2) is 4.98 Å². The number of aldehydes is 1.